The lowest BCUT2D eigenvalue weighted by Crippen LogP contribution is -2.60. The van der Waals surface area contributed by atoms with Crippen LogP contribution in [-0.4, -0.2) is 56.7 Å². The maximum Gasteiger partial charge on any atom is 0.322 e. The first-order chi connectivity index (χ1) is 10.2. The monoisotopic (exact) mass is 292 g/mol. The predicted octanol–water partition coefficient (Wildman–Crippen LogP) is 0.247. The van der Waals surface area contributed by atoms with Gasteiger partial charge in [-0.05, 0) is 12.1 Å². The molecule has 0 bridgehead atoms. The summed E-state index contributed by atoms with van der Waals surface area (Å²) >= 11 is 0. The highest BCUT2D eigenvalue weighted by molar-refractivity contribution is 5.95. The smallest absolute Gasteiger partial charge is 0.322 e. The fourth-order valence-corrected chi connectivity index (χ4v) is 2.28. The van der Waals surface area contributed by atoms with Crippen molar-refractivity contribution in [2.24, 2.45) is 0 Å². The first-order valence-electron chi connectivity index (χ1n) is 6.80. The van der Waals surface area contributed by atoms with Crippen LogP contribution in [0.3, 0.4) is 0 Å². The minimum atomic E-state index is -0.515. The zero-order valence-electron chi connectivity index (χ0n) is 12.2. The third-order valence-electron chi connectivity index (χ3n) is 3.40. The molecule has 1 unspecified atom stereocenters. The van der Waals surface area contributed by atoms with Crippen molar-refractivity contribution in [1.82, 2.24) is 15.5 Å². The number of hydrogen-bond acceptors (Lipinski definition) is 4. The molecule has 7 heteroatoms. The van der Waals surface area contributed by atoms with Gasteiger partial charge in [0.1, 0.15) is 11.8 Å². The zero-order chi connectivity index (χ0) is 15.2. The van der Waals surface area contributed by atoms with Crippen molar-refractivity contribution in [3.63, 3.8) is 0 Å². The van der Waals surface area contributed by atoms with Gasteiger partial charge in [-0.15, -0.1) is 0 Å². The summed E-state index contributed by atoms with van der Waals surface area (Å²) in [6.45, 7) is 1.57. The molecule has 1 aliphatic rings. The molecule has 1 atom stereocenters. The molecule has 1 heterocycles. The molecule has 1 saturated heterocycles. The van der Waals surface area contributed by atoms with Crippen LogP contribution in [0, 0.1) is 0 Å². The zero-order valence-corrected chi connectivity index (χ0v) is 12.2. The van der Waals surface area contributed by atoms with Crippen molar-refractivity contribution < 1.29 is 14.3 Å². The Hall–Kier alpha value is -2.28. The van der Waals surface area contributed by atoms with E-state index in [0.29, 0.717) is 31.1 Å². The second-order valence-electron chi connectivity index (χ2n) is 4.66. The SMILES string of the molecule is CNC(=O)C1CNCCN1C(=O)Nc1ccccc1OC. The van der Waals surface area contributed by atoms with Gasteiger partial charge < -0.3 is 25.6 Å². The highest BCUT2D eigenvalue weighted by Gasteiger charge is 2.31. The number of nitrogens with zero attached hydrogens (tertiary/aromatic N) is 1. The van der Waals surface area contributed by atoms with Crippen LogP contribution < -0.4 is 20.7 Å². The van der Waals surface area contributed by atoms with Gasteiger partial charge in [0.15, 0.2) is 0 Å². The van der Waals surface area contributed by atoms with E-state index in [2.05, 4.69) is 16.0 Å². The number of amides is 3. The largest absolute Gasteiger partial charge is 0.495 e. The van der Waals surface area contributed by atoms with E-state index in [1.165, 1.54) is 4.90 Å². The van der Waals surface area contributed by atoms with E-state index in [9.17, 15) is 9.59 Å². The minimum absolute atomic E-state index is 0.183. The van der Waals surface area contributed by atoms with Gasteiger partial charge in [0.25, 0.3) is 0 Å². The molecule has 2 rings (SSSR count). The molecular formula is C14H20N4O3. The van der Waals surface area contributed by atoms with Crippen molar-refractivity contribution in [1.29, 1.82) is 0 Å². The van der Waals surface area contributed by atoms with Crippen LogP contribution in [0.4, 0.5) is 10.5 Å². The lowest BCUT2D eigenvalue weighted by atomic mass is 10.2. The first kappa shape index (κ1) is 15.1. The number of piperazine rings is 1. The van der Waals surface area contributed by atoms with Crippen LogP contribution in [-0.2, 0) is 4.79 Å². The molecule has 1 fully saturated rings. The second-order valence-corrected chi connectivity index (χ2v) is 4.66. The number of anilines is 1. The summed E-state index contributed by atoms with van der Waals surface area (Å²) in [7, 11) is 3.11. The molecular weight excluding hydrogens is 272 g/mol. The highest BCUT2D eigenvalue weighted by Crippen LogP contribution is 2.23. The van der Waals surface area contributed by atoms with Crippen molar-refractivity contribution in [3.05, 3.63) is 24.3 Å². The van der Waals surface area contributed by atoms with Crippen molar-refractivity contribution in [3.8, 4) is 5.75 Å². The maximum absolute atomic E-state index is 12.4. The van der Waals surface area contributed by atoms with Crippen molar-refractivity contribution in [2.45, 2.75) is 6.04 Å². The molecule has 0 saturated carbocycles. The van der Waals surface area contributed by atoms with Crippen LogP contribution in [0.2, 0.25) is 0 Å². The summed E-state index contributed by atoms with van der Waals surface area (Å²) in [5.74, 6) is 0.398. The average Bonchev–Trinajstić information content (AvgIpc) is 2.54. The molecule has 1 aromatic rings. The van der Waals surface area contributed by atoms with Crippen LogP contribution in [0.5, 0.6) is 5.75 Å². The number of nitrogens with one attached hydrogen (secondary N) is 3. The molecule has 0 radical (unpaired) electrons. The van der Waals surface area contributed by atoms with Gasteiger partial charge >= 0.3 is 6.03 Å². The molecule has 21 heavy (non-hydrogen) atoms. The van der Waals surface area contributed by atoms with Gasteiger partial charge in [0.05, 0.1) is 12.8 Å². The molecule has 1 aromatic carbocycles. The molecule has 0 aromatic heterocycles. The molecule has 114 valence electrons. The van der Waals surface area contributed by atoms with Crippen molar-refractivity contribution >= 4 is 17.6 Å². The Labute approximate surface area is 123 Å². The van der Waals surface area contributed by atoms with Crippen LogP contribution in [0.25, 0.3) is 0 Å². The lowest BCUT2D eigenvalue weighted by Gasteiger charge is -2.34. The van der Waals surface area contributed by atoms with E-state index in [0.717, 1.165) is 0 Å². The Kier molecular flexibility index (Phi) is 4.99. The Bertz CT molecular complexity index is 521. The number of methoxy groups -OCH3 is 1. The normalized spacial score (nSPS) is 18.0. The number of rotatable bonds is 3. The number of carbonyl (C=O) groups excluding carboxylic acids is 2. The van der Waals surface area contributed by atoms with E-state index in [1.54, 1.807) is 26.3 Å². The number of ether oxygens (including phenoxy) is 1. The number of hydrogen-bond donors (Lipinski definition) is 3. The van der Waals surface area contributed by atoms with Gasteiger partial charge in [-0.1, -0.05) is 12.1 Å². The Morgan fingerprint density at radius 2 is 2.14 bits per heavy atom. The molecule has 1 aliphatic heterocycles. The van der Waals surface area contributed by atoms with Gasteiger partial charge in [-0.25, -0.2) is 4.79 Å². The van der Waals surface area contributed by atoms with Crippen molar-refractivity contribution in [2.75, 3.05) is 39.1 Å². The summed E-state index contributed by atoms with van der Waals surface area (Å²) in [5.41, 5.74) is 0.583. The lowest BCUT2D eigenvalue weighted by molar-refractivity contribution is -0.125. The average molecular weight is 292 g/mol. The summed E-state index contributed by atoms with van der Waals surface area (Å²) in [6, 6.07) is 6.34. The third-order valence-corrected chi connectivity index (χ3v) is 3.40. The van der Waals surface area contributed by atoms with Gasteiger partial charge in [0, 0.05) is 26.7 Å². The second kappa shape index (κ2) is 6.94. The maximum atomic E-state index is 12.4. The predicted molar refractivity (Wildman–Crippen MR) is 79.4 cm³/mol. The number of likely N-dealkylation sites (N-methyl/N-ethyl adjacent to an activating group) is 1. The summed E-state index contributed by atoms with van der Waals surface area (Å²) in [5, 5.41) is 8.49. The minimum Gasteiger partial charge on any atom is -0.495 e. The van der Waals surface area contributed by atoms with E-state index in [4.69, 9.17) is 4.74 Å². The fourth-order valence-electron chi connectivity index (χ4n) is 2.28. The summed E-state index contributed by atoms with van der Waals surface area (Å²) in [6.07, 6.45) is 0. The standard InChI is InChI=1S/C14H20N4O3/c1-15-13(19)11-9-16-7-8-18(11)14(20)17-10-5-3-4-6-12(10)21-2/h3-6,11,16H,7-9H2,1-2H3,(H,15,19)(H,17,20). The van der Waals surface area contributed by atoms with E-state index < -0.39 is 6.04 Å². The van der Waals surface area contributed by atoms with Gasteiger partial charge in [-0.3, -0.25) is 4.79 Å². The third kappa shape index (κ3) is 3.43. The van der Waals surface area contributed by atoms with Gasteiger partial charge in [-0.2, -0.15) is 0 Å². The number of urea groups is 1. The molecule has 0 aliphatic carbocycles. The fraction of sp³-hybridized carbons (Fsp3) is 0.429. The Balaban J connectivity index is 2.12. The van der Waals surface area contributed by atoms with Crippen LogP contribution >= 0.6 is 0 Å². The molecule has 7 nitrogen and oxygen atoms in total. The Morgan fingerprint density at radius 1 is 1.38 bits per heavy atom. The van der Waals surface area contributed by atoms with E-state index >= 15 is 0 Å². The molecule has 3 N–H and O–H groups in total. The number of carbonyl (C=O) groups is 2. The first-order valence-corrected chi connectivity index (χ1v) is 6.80. The quantitative estimate of drug-likeness (QED) is 0.745. The van der Waals surface area contributed by atoms with Crippen LogP contribution in [0.15, 0.2) is 24.3 Å². The molecule has 3 amide bonds. The Morgan fingerprint density at radius 3 is 2.86 bits per heavy atom. The van der Waals surface area contributed by atoms with E-state index in [1.807, 2.05) is 12.1 Å². The molecule has 0 spiro atoms. The van der Waals surface area contributed by atoms with Crippen LogP contribution in [0.1, 0.15) is 0 Å². The topological polar surface area (TPSA) is 82.7 Å². The summed E-state index contributed by atoms with van der Waals surface area (Å²) in [4.78, 5) is 25.8. The summed E-state index contributed by atoms with van der Waals surface area (Å²) < 4.78 is 5.20. The van der Waals surface area contributed by atoms with Gasteiger partial charge in [0.2, 0.25) is 5.91 Å². The highest BCUT2D eigenvalue weighted by atomic mass is 16.5. The number of benzene rings is 1. The van der Waals surface area contributed by atoms with E-state index in [-0.39, 0.29) is 11.9 Å². The number of para-hydroxylation sites is 2.